The van der Waals surface area contributed by atoms with Gasteiger partial charge in [-0.1, -0.05) is 42.5 Å². The number of carbonyl (C=O) groups excluding carboxylic acids is 1. The van der Waals surface area contributed by atoms with E-state index in [1.54, 1.807) is 0 Å². The molecule has 1 fully saturated rings. The van der Waals surface area contributed by atoms with Gasteiger partial charge in [0.25, 0.3) is 5.19 Å². The topological polar surface area (TPSA) is 128 Å². The summed E-state index contributed by atoms with van der Waals surface area (Å²) < 4.78 is 43.8. The van der Waals surface area contributed by atoms with Crippen LogP contribution in [0.3, 0.4) is 0 Å². The zero-order chi connectivity index (χ0) is 27.6. The molecule has 2 aliphatic rings. The molecule has 1 saturated heterocycles. The molecule has 13 heteroatoms. The molecular weight excluding hydrogens is 542 g/mol. The highest BCUT2D eigenvalue weighted by Crippen LogP contribution is 2.34. The number of esters is 1. The van der Waals surface area contributed by atoms with E-state index < -0.39 is 16.0 Å². The highest BCUT2D eigenvalue weighted by molar-refractivity contribution is 7.89. The minimum Gasteiger partial charge on any atom is -0.469 e. The van der Waals surface area contributed by atoms with Crippen molar-refractivity contribution in [2.75, 3.05) is 43.9 Å². The Balaban J connectivity index is 1.18. The van der Waals surface area contributed by atoms with Gasteiger partial charge in [-0.05, 0) is 29.7 Å². The van der Waals surface area contributed by atoms with Gasteiger partial charge in [-0.25, -0.2) is 13.4 Å². The molecule has 11 nitrogen and oxygen atoms in total. The van der Waals surface area contributed by atoms with Crippen molar-refractivity contribution in [3.63, 3.8) is 0 Å². The number of piperidine rings is 1. The first kappa shape index (κ1) is 27.5. The van der Waals surface area contributed by atoms with Gasteiger partial charge < -0.3 is 18.9 Å². The van der Waals surface area contributed by atoms with Gasteiger partial charge in [-0.3, -0.25) is 4.79 Å². The minimum absolute atomic E-state index is 0.0712. The lowest BCUT2D eigenvalue weighted by Gasteiger charge is -2.29. The molecule has 0 bridgehead atoms. The van der Waals surface area contributed by atoms with Gasteiger partial charge in [-0.2, -0.15) is 9.29 Å². The molecule has 4 heterocycles. The van der Waals surface area contributed by atoms with E-state index in [0.717, 1.165) is 53.1 Å². The number of hydrogen-bond donors (Lipinski definition) is 0. The number of anilines is 1. The fraction of sp³-hybridized carbons (Fsp3) is 0.538. The quantitative estimate of drug-likeness (QED) is 0.347. The number of aromatic nitrogens is 3. The van der Waals surface area contributed by atoms with Crippen LogP contribution in [0.5, 0.6) is 5.19 Å². The number of hydrogen-bond acceptors (Lipinski definition) is 11. The van der Waals surface area contributed by atoms with Gasteiger partial charge >= 0.3 is 12.0 Å². The van der Waals surface area contributed by atoms with Crippen LogP contribution in [0.4, 0.5) is 6.01 Å². The highest BCUT2D eigenvalue weighted by atomic mass is 32.2. The van der Waals surface area contributed by atoms with Crippen LogP contribution < -0.4 is 9.64 Å². The zero-order valence-electron chi connectivity index (χ0n) is 22.3. The molecule has 210 valence electrons. The summed E-state index contributed by atoms with van der Waals surface area (Å²) in [5.74, 6) is 0.182. The average Bonchev–Trinajstić information content (AvgIpc) is 3.59. The van der Waals surface area contributed by atoms with Crippen LogP contribution >= 0.6 is 11.3 Å². The lowest BCUT2D eigenvalue weighted by molar-refractivity contribution is -0.140. The fourth-order valence-corrected chi connectivity index (χ4v) is 6.93. The predicted molar refractivity (Wildman–Crippen MR) is 148 cm³/mol. The maximum atomic E-state index is 12.6. The van der Waals surface area contributed by atoms with E-state index >= 15 is 0 Å². The normalized spacial score (nSPS) is 17.5. The molecule has 0 spiro atoms. The molecule has 0 radical (unpaired) electrons. The lowest BCUT2D eigenvalue weighted by Crippen LogP contribution is -2.38. The van der Waals surface area contributed by atoms with Crippen molar-refractivity contribution in [2.45, 2.75) is 51.6 Å². The number of fused-ring (bicyclic) bond motifs is 1. The van der Waals surface area contributed by atoms with Gasteiger partial charge in [0, 0.05) is 44.9 Å². The third-order valence-corrected chi connectivity index (χ3v) is 9.77. The zero-order valence-corrected chi connectivity index (χ0v) is 24.0. The Kier molecular flexibility index (Phi) is 8.19. The summed E-state index contributed by atoms with van der Waals surface area (Å²) in [6, 6.07) is 6.67. The summed E-state index contributed by atoms with van der Waals surface area (Å²) in [7, 11) is -2.26. The summed E-state index contributed by atoms with van der Waals surface area (Å²) in [4.78, 5) is 22.6. The van der Waals surface area contributed by atoms with E-state index in [4.69, 9.17) is 9.26 Å². The van der Waals surface area contributed by atoms with Gasteiger partial charge in [-0.15, -0.1) is 0 Å². The van der Waals surface area contributed by atoms with Gasteiger partial charge in [0.1, 0.15) is 6.10 Å². The number of methoxy groups -OCH3 is 1. The van der Waals surface area contributed by atoms with Crippen LogP contribution in [0.15, 0.2) is 28.8 Å². The van der Waals surface area contributed by atoms with Crippen LogP contribution in [0.25, 0.3) is 15.8 Å². The standard InChI is InChI=1S/C26H33N5O6S2/c1-17(2)24-28-25(37-29-24)30-11-8-20(9-12-30)36-26-27-21-5-4-19(16-22(21)38-26)18-6-13-31(14-7-18)39(33,34)15-10-23(32)35-3/h4-6,16-17,20H,7-15H2,1-3H3. The molecule has 3 aromatic rings. The van der Waals surface area contributed by atoms with Crippen molar-refractivity contribution in [1.82, 2.24) is 19.4 Å². The van der Waals surface area contributed by atoms with Crippen LogP contribution in [0, 0.1) is 0 Å². The first-order chi connectivity index (χ1) is 18.7. The number of benzene rings is 1. The molecule has 2 aliphatic heterocycles. The maximum absolute atomic E-state index is 12.6. The molecule has 2 aromatic heterocycles. The Bertz CT molecular complexity index is 1460. The first-order valence-electron chi connectivity index (χ1n) is 13.1. The molecular formula is C26H33N5O6S2. The number of carbonyl (C=O) groups is 1. The predicted octanol–water partition coefficient (Wildman–Crippen LogP) is 3.83. The third kappa shape index (κ3) is 6.42. The number of ether oxygens (including phenoxy) is 2. The second-order valence-corrected chi connectivity index (χ2v) is 13.1. The fourth-order valence-electron chi connectivity index (χ4n) is 4.66. The second kappa shape index (κ2) is 11.6. The minimum atomic E-state index is -3.51. The number of thiazole rings is 1. The van der Waals surface area contributed by atoms with Gasteiger partial charge in [0.15, 0.2) is 5.82 Å². The van der Waals surface area contributed by atoms with Crippen molar-refractivity contribution in [3.8, 4) is 5.19 Å². The van der Waals surface area contributed by atoms with E-state index in [9.17, 15) is 13.2 Å². The maximum Gasteiger partial charge on any atom is 0.324 e. The van der Waals surface area contributed by atoms with Crippen molar-refractivity contribution in [2.24, 2.45) is 0 Å². The molecule has 5 rings (SSSR count). The third-order valence-electron chi connectivity index (χ3n) is 7.02. The Morgan fingerprint density at radius 1 is 1.21 bits per heavy atom. The van der Waals surface area contributed by atoms with Gasteiger partial charge in [0.2, 0.25) is 10.0 Å². The molecule has 0 saturated carbocycles. The van der Waals surface area contributed by atoms with Crippen molar-refractivity contribution in [3.05, 3.63) is 35.7 Å². The Morgan fingerprint density at radius 3 is 2.67 bits per heavy atom. The molecule has 0 atom stereocenters. The van der Waals surface area contributed by atoms with E-state index in [2.05, 4.69) is 30.8 Å². The smallest absolute Gasteiger partial charge is 0.324 e. The largest absolute Gasteiger partial charge is 0.469 e. The van der Waals surface area contributed by atoms with Crippen molar-refractivity contribution < 1.29 is 27.2 Å². The number of nitrogens with zero attached hydrogens (tertiary/aromatic N) is 5. The molecule has 0 N–H and O–H groups in total. The summed E-state index contributed by atoms with van der Waals surface area (Å²) in [6.45, 7) is 6.31. The molecule has 0 amide bonds. The van der Waals surface area contributed by atoms with Crippen molar-refractivity contribution in [1.29, 1.82) is 0 Å². The van der Waals surface area contributed by atoms with Crippen LogP contribution in [0.1, 0.15) is 56.8 Å². The van der Waals surface area contributed by atoms with Crippen LogP contribution in [-0.4, -0.2) is 79.0 Å². The summed E-state index contributed by atoms with van der Waals surface area (Å²) in [5.41, 5.74) is 3.03. The summed E-state index contributed by atoms with van der Waals surface area (Å²) in [6.07, 6.45) is 4.15. The Hall–Kier alpha value is -3.03. The first-order valence-corrected chi connectivity index (χ1v) is 15.5. The summed E-state index contributed by atoms with van der Waals surface area (Å²) in [5, 5.41) is 4.71. The second-order valence-electron chi connectivity index (χ2n) is 10.0. The van der Waals surface area contributed by atoms with Crippen molar-refractivity contribution >= 4 is 49.1 Å². The van der Waals surface area contributed by atoms with E-state index in [1.807, 2.05) is 32.1 Å². The monoisotopic (exact) mass is 575 g/mol. The van der Waals surface area contributed by atoms with Crippen LogP contribution in [-0.2, 0) is 19.6 Å². The molecule has 39 heavy (non-hydrogen) atoms. The Morgan fingerprint density at radius 2 is 2.00 bits per heavy atom. The highest BCUT2D eigenvalue weighted by Gasteiger charge is 2.27. The van der Waals surface area contributed by atoms with Crippen LogP contribution in [0.2, 0.25) is 0 Å². The Labute approximate surface area is 231 Å². The van der Waals surface area contributed by atoms with Gasteiger partial charge in [0.05, 0.1) is 29.5 Å². The average molecular weight is 576 g/mol. The molecule has 0 unspecified atom stereocenters. The van der Waals surface area contributed by atoms with E-state index in [-0.39, 0.29) is 30.7 Å². The summed E-state index contributed by atoms with van der Waals surface area (Å²) >= 11 is 1.52. The van der Waals surface area contributed by atoms with E-state index in [0.29, 0.717) is 24.2 Å². The number of sulfonamides is 1. The molecule has 1 aromatic carbocycles. The van der Waals surface area contributed by atoms with E-state index in [1.165, 1.54) is 22.8 Å². The molecule has 0 aliphatic carbocycles. The SMILES string of the molecule is COC(=O)CCS(=O)(=O)N1CC=C(c2ccc3nc(OC4CCN(c5nc(C(C)C)no5)CC4)sc3c2)CC1. The number of rotatable bonds is 9. The lowest BCUT2D eigenvalue weighted by atomic mass is 10.0.